The van der Waals surface area contributed by atoms with Crippen LogP contribution in [-0.2, 0) is 6.42 Å². The molecule has 0 radical (unpaired) electrons. The summed E-state index contributed by atoms with van der Waals surface area (Å²) in [5.41, 5.74) is 4.34. The first-order valence-corrected chi connectivity index (χ1v) is 7.36. The lowest BCUT2D eigenvalue weighted by molar-refractivity contribution is 0.982. The summed E-state index contributed by atoms with van der Waals surface area (Å²) in [6, 6.07) is 13.9. The van der Waals surface area contributed by atoms with E-state index in [1.54, 1.807) is 12.4 Å². The molecule has 0 bridgehead atoms. The minimum Gasteiger partial charge on any atom is -0.301 e. The zero-order valence-electron chi connectivity index (χ0n) is 12.3. The van der Waals surface area contributed by atoms with Crippen molar-refractivity contribution >= 4 is 23.7 Å². The van der Waals surface area contributed by atoms with Crippen molar-refractivity contribution in [3.63, 3.8) is 0 Å². The summed E-state index contributed by atoms with van der Waals surface area (Å²) >= 11 is 0. The molecule has 3 heterocycles. The fraction of sp³-hybridized carbons (Fsp3) is 0.0556. The summed E-state index contributed by atoms with van der Waals surface area (Å²) in [5.74, 6) is 0.690. The van der Waals surface area contributed by atoms with Crippen LogP contribution in [0.25, 0.3) is 11.6 Å². The van der Waals surface area contributed by atoms with Gasteiger partial charge in [-0.15, -0.1) is 0 Å². The molecule has 112 valence electrons. The molecule has 4 rings (SSSR count). The number of benzene rings is 1. The van der Waals surface area contributed by atoms with Crippen LogP contribution in [0, 0.1) is 0 Å². The summed E-state index contributed by atoms with van der Waals surface area (Å²) in [7, 11) is 0. The lowest BCUT2D eigenvalue weighted by atomic mass is 10.0. The van der Waals surface area contributed by atoms with Crippen LogP contribution < -0.4 is 5.56 Å². The Kier molecular flexibility index (Phi) is 3.24. The Morgan fingerprint density at radius 1 is 1.04 bits per heavy atom. The second-order valence-electron chi connectivity index (χ2n) is 5.37. The first-order valence-electron chi connectivity index (χ1n) is 7.36. The molecule has 5 heteroatoms. The smallest absolute Gasteiger partial charge is 0.271 e. The van der Waals surface area contributed by atoms with Crippen molar-refractivity contribution in [1.82, 2.24) is 15.2 Å². The molecular weight excluding hydrogens is 288 g/mol. The molecule has 23 heavy (non-hydrogen) atoms. The molecule has 0 unspecified atom stereocenters. The molecule has 0 aliphatic carbocycles. The van der Waals surface area contributed by atoms with Gasteiger partial charge in [0.2, 0.25) is 0 Å². The third-order valence-corrected chi connectivity index (χ3v) is 3.84. The van der Waals surface area contributed by atoms with Crippen LogP contribution in [0.1, 0.15) is 22.4 Å². The Morgan fingerprint density at radius 3 is 2.78 bits per heavy atom. The van der Waals surface area contributed by atoms with Gasteiger partial charge in [-0.3, -0.25) is 9.89 Å². The Bertz CT molecular complexity index is 964. The van der Waals surface area contributed by atoms with Gasteiger partial charge in [0.05, 0.1) is 5.56 Å². The summed E-state index contributed by atoms with van der Waals surface area (Å²) in [6.07, 6.45) is 5.99. The van der Waals surface area contributed by atoms with Gasteiger partial charge in [0.25, 0.3) is 5.56 Å². The molecule has 3 aromatic rings. The second-order valence-corrected chi connectivity index (χ2v) is 5.37. The largest absolute Gasteiger partial charge is 0.301 e. The summed E-state index contributed by atoms with van der Waals surface area (Å²) in [6.45, 7) is 0. The van der Waals surface area contributed by atoms with Crippen LogP contribution >= 0.6 is 0 Å². The topological polar surface area (TPSA) is 73.9 Å². The van der Waals surface area contributed by atoms with Crippen LogP contribution in [0.4, 0.5) is 5.82 Å². The summed E-state index contributed by atoms with van der Waals surface area (Å²) in [5, 5.41) is 5.65. The molecule has 0 atom stereocenters. The van der Waals surface area contributed by atoms with Gasteiger partial charge in [0, 0.05) is 35.7 Å². The number of aromatic nitrogens is 3. The number of aromatic amines is 2. The number of hydrogen-bond acceptors (Lipinski definition) is 3. The summed E-state index contributed by atoms with van der Waals surface area (Å²) in [4.78, 5) is 20.6. The number of nitrogens with one attached hydrogen (secondary N) is 2. The van der Waals surface area contributed by atoms with E-state index in [2.05, 4.69) is 20.2 Å². The van der Waals surface area contributed by atoms with E-state index in [-0.39, 0.29) is 5.56 Å². The van der Waals surface area contributed by atoms with Gasteiger partial charge in [-0.05, 0) is 23.8 Å². The van der Waals surface area contributed by atoms with E-state index in [0.29, 0.717) is 17.8 Å². The van der Waals surface area contributed by atoms with Crippen molar-refractivity contribution < 1.29 is 0 Å². The molecule has 2 N–H and O–H groups in total. The number of fused-ring (bicyclic) bond motifs is 1. The molecule has 0 spiro atoms. The molecule has 1 aromatic carbocycles. The number of aliphatic imine (C=N–C) groups is 1. The number of nitrogens with zero attached hydrogens (tertiary/aromatic N) is 2. The number of rotatable bonds is 3. The van der Waals surface area contributed by atoms with E-state index in [0.717, 1.165) is 22.4 Å². The van der Waals surface area contributed by atoms with Crippen LogP contribution in [-0.4, -0.2) is 21.4 Å². The first-order chi connectivity index (χ1) is 11.3. The van der Waals surface area contributed by atoms with Crippen LogP contribution in [0.15, 0.2) is 58.4 Å². The lowest BCUT2D eigenvalue weighted by Crippen LogP contribution is -2.03. The van der Waals surface area contributed by atoms with E-state index >= 15 is 0 Å². The molecular formula is C18H14N4O. The second kappa shape index (κ2) is 5.53. The SMILES string of the molecule is O=c1[nH][nH]c(Cc2ccccc2)c1/C=C1/C=Nc2ncccc21. The average Bonchev–Trinajstić information content (AvgIpc) is 3.15. The highest BCUT2D eigenvalue weighted by atomic mass is 16.1. The normalized spacial score (nSPS) is 14.3. The molecule has 0 amide bonds. The molecule has 5 nitrogen and oxygen atoms in total. The Labute approximate surface area is 132 Å². The number of H-pyrrole nitrogens is 2. The van der Waals surface area contributed by atoms with Gasteiger partial charge in [-0.2, -0.15) is 0 Å². The van der Waals surface area contributed by atoms with Gasteiger partial charge < -0.3 is 5.10 Å². The van der Waals surface area contributed by atoms with Crippen molar-refractivity contribution in [3.8, 4) is 0 Å². The molecule has 2 aromatic heterocycles. The zero-order chi connectivity index (χ0) is 15.6. The lowest BCUT2D eigenvalue weighted by Gasteiger charge is -2.01. The standard InChI is InChI=1S/C18H14N4O/c23-18-15(10-13-11-20-17-14(13)7-4-8-19-17)16(21-22-18)9-12-5-2-1-3-6-12/h1-8,10-11H,9H2,(H2,21,22,23)/b13-10-. The van der Waals surface area contributed by atoms with Gasteiger partial charge in [-0.1, -0.05) is 30.3 Å². The van der Waals surface area contributed by atoms with Crippen LogP contribution in [0.2, 0.25) is 0 Å². The van der Waals surface area contributed by atoms with Gasteiger partial charge >= 0.3 is 0 Å². The van der Waals surface area contributed by atoms with Crippen molar-refractivity contribution in [1.29, 1.82) is 0 Å². The van der Waals surface area contributed by atoms with Gasteiger partial charge in [0.15, 0.2) is 5.82 Å². The Morgan fingerprint density at radius 2 is 1.91 bits per heavy atom. The molecule has 1 aliphatic rings. The third kappa shape index (κ3) is 2.53. The van der Waals surface area contributed by atoms with Gasteiger partial charge in [0.1, 0.15) is 0 Å². The van der Waals surface area contributed by atoms with Crippen molar-refractivity contribution in [3.05, 3.63) is 81.4 Å². The Balaban J connectivity index is 1.74. The minimum absolute atomic E-state index is 0.130. The zero-order valence-corrected chi connectivity index (χ0v) is 12.3. The number of allylic oxidation sites excluding steroid dienone is 1. The van der Waals surface area contributed by atoms with Crippen molar-refractivity contribution in [2.75, 3.05) is 0 Å². The predicted molar refractivity (Wildman–Crippen MR) is 90.9 cm³/mol. The third-order valence-electron chi connectivity index (χ3n) is 3.84. The fourth-order valence-corrected chi connectivity index (χ4v) is 2.69. The highest BCUT2D eigenvalue weighted by Crippen LogP contribution is 2.30. The minimum atomic E-state index is -0.130. The van der Waals surface area contributed by atoms with Crippen molar-refractivity contribution in [2.24, 2.45) is 4.99 Å². The highest BCUT2D eigenvalue weighted by Gasteiger charge is 2.15. The van der Waals surface area contributed by atoms with E-state index < -0.39 is 0 Å². The quantitative estimate of drug-likeness (QED) is 0.780. The summed E-state index contributed by atoms with van der Waals surface area (Å²) < 4.78 is 0. The Hall–Kier alpha value is -3.21. The van der Waals surface area contributed by atoms with E-state index in [9.17, 15) is 4.79 Å². The maximum absolute atomic E-state index is 12.1. The van der Waals surface area contributed by atoms with E-state index in [1.165, 1.54) is 0 Å². The number of pyridine rings is 1. The fourth-order valence-electron chi connectivity index (χ4n) is 2.69. The average molecular weight is 302 g/mol. The maximum atomic E-state index is 12.1. The van der Waals surface area contributed by atoms with Gasteiger partial charge in [-0.25, -0.2) is 9.98 Å². The molecule has 1 aliphatic heterocycles. The molecule has 0 saturated heterocycles. The maximum Gasteiger partial charge on any atom is 0.271 e. The van der Waals surface area contributed by atoms with Crippen LogP contribution in [0.5, 0.6) is 0 Å². The predicted octanol–water partition coefficient (Wildman–Crippen LogP) is 2.95. The monoisotopic (exact) mass is 302 g/mol. The molecule has 0 fully saturated rings. The highest BCUT2D eigenvalue weighted by molar-refractivity contribution is 6.20. The van der Waals surface area contributed by atoms with E-state index in [1.807, 2.05) is 48.5 Å². The van der Waals surface area contributed by atoms with E-state index in [4.69, 9.17) is 0 Å². The van der Waals surface area contributed by atoms with Crippen molar-refractivity contribution in [2.45, 2.75) is 6.42 Å². The first kappa shape index (κ1) is 13.5. The number of hydrogen-bond donors (Lipinski definition) is 2. The molecule has 0 saturated carbocycles. The van der Waals surface area contributed by atoms with Crippen LogP contribution in [0.3, 0.4) is 0 Å².